The van der Waals surface area contributed by atoms with Crippen molar-refractivity contribution in [3.05, 3.63) is 34.1 Å². The maximum absolute atomic E-state index is 13.3. The van der Waals surface area contributed by atoms with E-state index >= 15 is 0 Å². The highest BCUT2D eigenvalue weighted by Crippen LogP contribution is 2.31. The van der Waals surface area contributed by atoms with Gasteiger partial charge in [0, 0.05) is 19.1 Å². The monoisotopic (exact) mass is 328 g/mol. The summed E-state index contributed by atoms with van der Waals surface area (Å²) in [5.74, 6) is 0.597. The normalized spacial score (nSPS) is 17.5. The Morgan fingerprint density at radius 2 is 2.21 bits per heavy atom. The first-order chi connectivity index (χ1) is 9.15. The van der Waals surface area contributed by atoms with Gasteiger partial charge in [0.1, 0.15) is 5.82 Å². The first-order valence-electron chi connectivity index (χ1n) is 7.04. The molecule has 1 fully saturated rings. The highest BCUT2D eigenvalue weighted by Gasteiger charge is 2.25. The minimum atomic E-state index is -0.221. The summed E-state index contributed by atoms with van der Waals surface area (Å²) in [6.07, 6.45) is 4.03. The number of hydrogen-bond donors (Lipinski definition) is 1. The Balaban J connectivity index is 2.13. The van der Waals surface area contributed by atoms with Gasteiger partial charge in [0.2, 0.25) is 0 Å². The number of likely N-dealkylation sites (N-methyl/N-ethyl adjacent to an activating group) is 1. The second-order valence-electron chi connectivity index (χ2n) is 5.31. The van der Waals surface area contributed by atoms with Crippen molar-refractivity contribution < 1.29 is 4.39 Å². The molecule has 0 radical (unpaired) electrons. The van der Waals surface area contributed by atoms with E-state index in [2.05, 4.69) is 27.8 Å². The molecule has 0 bridgehead atoms. The Morgan fingerprint density at radius 1 is 1.47 bits per heavy atom. The summed E-state index contributed by atoms with van der Waals surface area (Å²) < 4.78 is 13.8. The van der Waals surface area contributed by atoms with Gasteiger partial charge in [-0.1, -0.05) is 19.4 Å². The van der Waals surface area contributed by atoms with E-state index in [4.69, 9.17) is 5.73 Å². The first kappa shape index (κ1) is 14.9. The minimum absolute atomic E-state index is 0.183. The average Bonchev–Trinajstić information content (AvgIpc) is 2.36. The summed E-state index contributed by atoms with van der Waals surface area (Å²) in [7, 11) is 0. The molecule has 1 aromatic rings. The van der Waals surface area contributed by atoms with Crippen LogP contribution in [0, 0.1) is 11.7 Å². The third-order valence-electron chi connectivity index (χ3n) is 4.12. The number of benzene rings is 1. The molecule has 0 aromatic heterocycles. The minimum Gasteiger partial charge on any atom is -0.329 e. The lowest BCUT2D eigenvalue weighted by molar-refractivity contribution is 0.141. The molecule has 19 heavy (non-hydrogen) atoms. The lowest BCUT2D eigenvalue weighted by Gasteiger charge is -2.36. The van der Waals surface area contributed by atoms with Gasteiger partial charge < -0.3 is 5.73 Å². The Bertz CT molecular complexity index is 421. The second kappa shape index (κ2) is 6.82. The van der Waals surface area contributed by atoms with E-state index in [0.717, 1.165) is 24.6 Å². The molecule has 4 heteroatoms. The van der Waals surface area contributed by atoms with Crippen molar-refractivity contribution in [2.75, 3.05) is 19.6 Å². The molecule has 0 heterocycles. The number of nitrogens with two attached hydrogens (primary N) is 1. The maximum atomic E-state index is 13.3. The molecular formula is C15H22BrFN2. The average molecular weight is 329 g/mol. The lowest BCUT2D eigenvalue weighted by atomic mass is 9.84. The zero-order valence-electron chi connectivity index (χ0n) is 11.4. The van der Waals surface area contributed by atoms with Crippen LogP contribution >= 0.6 is 15.9 Å². The van der Waals surface area contributed by atoms with Crippen LogP contribution in [0.3, 0.4) is 0 Å². The van der Waals surface area contributed by atoms with Gasteiger partial charge in [-0.3, -0.25) is 4.90 Å². The van der Waals surface area contributed by atoms with Crippen molar-refractivity contribution >= 4 is 15.9 Å². The van der Waals surface area contributed by atoms with Crippen LogP contribution in [0.5, 0.6) is 0 Å². The van der Waals surface area contributed by atoms with Crippen molar-refractivity contribution in [1.29, 1.82) is 0 Å². The SMILES string of the molecule is CCN(CC1CCC1)C(CN)c1ccc(F)c(Br)c1. The first-order valence-corrected chi connectivity index (χ1v) is 7.84. The zero-order valence-corrected chi connectivity index (χ0v) is 13.0. The van der Waals surface area contributed by atoms with Crippen LogP contribution in [-0.4, -0.2) is 24.5 Å². The van der Waals surface area contributed by atoms with Crippen molar-refractivity contribution in [2.45, 2.75) is 32.2 Å². The van der Waals surface area contributed by atoms with Crippen LogP contribution in [-0.2, 0) is 0 Å². The van der Waals surface area contributed by atoms with Crippen LogP contribution in [0.2, 0.25) is 0 Å². The summed E-state index contributed by atoms with van der Waals surface area (Å²) in [5, 5.41) is 0. The summed E-state index contributed by atoms with van der Waals surface area (Å²) >= 11 is 3.26. The van der Waals surface area contributed by atoms with E-state index in [-0.39, 0.29) is 11.9 Å². The fourth-order valence-electron chi connectivity index (χ4n) is 2.70. The molecule has 1 aliphatic rings. The van der Waals surface area contributed by atoms with Gasteiger partial charge in [-0.15, -0.1) is 0 Å². The van der Waals surface area contributed by atoms with Crippen molar-refractivity contribution in [1.82, 2.24) is 4.90 Å². The molecule has 1 atom stereocenters. The summed E-state index contributed by atoms with van der Waals surface area (Å²) in [4.78, 5) is 2.42. The van der Waals surface area contributed by atoms with Gasteiger partial charge in [0.25, 0.3) is 0 Å². The molecule has 1 aromatic carbocycles. The molecule has 0 spiro atoms. The smallest absolute Gasteiger partial charge is 0.137 e. The van der Waals surface area contributed by atoms with Crippen molar-refractivity contribution in [2.24, 2.45) is 11.7 Å². The van der Waals surface area contributed by atoms with Gasteiger partial charge in [0.05, 0.1) is 4.47 Å². The number of nitrogens with zero attached hydrogens (tertiary/aromatic N) is 1. The predicted octanol–water partition coefficient (Wildman–Crippen LogP) is 3.71. The molecule has 1 unspecified atom stereocenters. The lowest BCUT2D eigenvalue weighted by Crippen LogP contribution is -2.38. The Labute approximate surface area is 123 Å². The quantitative estimate of drug-likeness (QED) is 0.862. The fraction of sp³-hybridized carbons (Fsp3) is 0.600. The molecule has 0 amide bonds. The molecule has 1 saturated carbocycles. The van der Waals surface area contributed by atoms with Crippen LogP contribution in [0.1, 0.15) is 37.8 Å². The molecule has 2 rings (SSSR count). The molecular weight excluding hydrogens is 307 g/mol. The molecule has 0 saturated heterocycles. The van der Waals surface area contributed by atoms with E-state index in [1.807, 2.05) is 12.1 Å². The topological polar surface area (TPSA) is 29.3 Å². The fourth-order valence-corrected chi connectivity index (χ4v) is 3.10. The molecule has 1 aliphatic carbocycles. The van der Waals surface area contributed by atoms with Gasteiger partial charge in [-0.05, 0) is 58.9 Å². The van der Waals surface area contributed by atoms with E-state index in [9.17, 15) is 4.39 Å². The second-order valence-corrected chi connectivity index (χ2v) is 6.16. The molecule has 0 aliphatic heterocycles. The molecule has 106 valence electrons. The van der Waals surface area contributed by atoms with Crippen LogP contribution in [0.25, 0.3) is 0 Å². The van der Waals surface area contributed by atoms with Crippen LogP contribution in [0.15, 0.2) is 22.7 Å². The summed E-state index contributed by atoms with van der Waals surface area (Å²) in [5.41, 5.74) is 7.05. The standard InChI is InChI=1S/C15H22BrFN2/c1-2-19(10-11-4-3-5-11)15(9-18)12-6-7-14(17)13(16)8-12/h6-8,11,15H,2-5,9-10,18H2,1H3. The summed E-state index contributed by atoms with van der Waals surface area (Å²) in [6, 6.07) is 5.40. The number of hydrogen-bond acceptors (Lipinski definition) is 2. The van der Waals surface area contributed by atoms with E-state index in [1.165, 1.54) is 25.3 Å². The Morgan fingerprint density at radius 3 is 2.68 bits per heavy atom. The van der Waals surface area contributed by atoms with Gasteiger partial charge in [-0.2, -0.15) is 0 Å². The van der Waals surface area contributed by atoms with Gasteiger partial charge >= 0.3 is 0 Å². The van der Waals surface area contributed by atoms with E-state index < -0.39 is 0 Å². The maximum Gasteiger partial charge on any atom is 0.137 e. The van der Waals surface area contributed by atoms with Crippen LogP contribution < -0.4 is 5.73 Å². The number of rotatable bonds is 6. The van der Waals surface area contributed by atoms with Crippen molar-refractivity contribution in [3.8, 4) is 0 Å². The van der Waals surface area contributed by atoms with Gasteiger partial charge in [0.15, 0.2) is 0 Å². The molecule has 2 N–H and O–H groups in total. The van der Waals surface area contributed by atoms with Crippen molar-refractivity contribution in [3.63, 3.8) is 0 Å². The van der Waals surface area contributed by atoms with Gasteiger partial charge in [-0.25, -0.2) is 4.39 Å². The largest absolute Gasteiger partial charge is 0.329 e. The predicted molar refractivity (Wildman–Crippen MR) is 80.5 cm³/mol. The molecule has 2 nitrogen and oxygen atoms in total. The Hall–Kier alpha value is -0.450. The highest BCUT2D eigenvalue weighted by molar-refractivity contribution is 9.10. The third-order valence-corrected chi connectivity index (χ3v) is 4.72. The van der Waals surface area contributed by atoms with E-state index in [0.29, 0.717) is 11.0 Å². The third kappa shape index (κ3) is 3.56. The number of halogens is 2. The summed E-state index contributed by atoms with van der Waals surface area (Å²) in [6.45, 7) is 4.82. The zero-order chi connectivity index (χ0) is 13.8. The Kier molecular flexibility index (Phi) is 5.37. The highest BCUT2D eigenvalue weighted by atomic mass is 79.9. The van der Waals surface area contributed by atoms with Crippen LogP contribution in [0.4, 0.5) is 4.39 Å². The van der Waals surface area contributed by atoms with E-state index in [1.54, 1.807) is 0 Å².